The Morgan fingerprint density at radius 1 is 1.10 bits per heavy atom. The van der Waals surface area contributed by atoms with Gasteiger partial charge in [0, 0.05) is 19.4 Å². The van der Waals surface area contributed by atoms with Gasteiger partial charge in [0.1, 0.15) is 22.8 Å². The Balaban J connectivity index is 2.59. The molecule has 1 aromatic heterocycles. The molecule has 1 heterocycles. The number of halogens is 7. The first kappa shape index (κ1) is 22.6. The summed E-state index contributed by atoms with van der Waals surface area (Å²) >= 11 is 0. The molecule has 0 saturated heterocycles. The van der Waals surface area contributed by atoms with Gasteiger partial charge in [-0.25, -0.2) is 12.8 Å². The number of alkyl halides is 6. The van der Waals surface area contributed by atoms with Crippen LogP contribution in [0, 0.1) is 17.1 Å². The van der Waals surface area contributed by atoms with Crippen LogP contribution in [-0.2, 0) is 16.2 Å². The van der Waals surface area contributed by atoms with Gasteiger partial charge in [-0.3, -0.25) is 4.98 Å². The van der Waals surface area contributed by atoms with Gasteiger partial charge in [-0.1, -0.05) is 6.07 Å². The number of aromatic nitrogens is 1. The first-order valence-corrected chi connectivity index (χ1v) is 8.90. The minimum atomic E-state index is -5.30. The second-order valence-corrected chi connectivity index (χ2v) is 7.72. The van der Waals surface area contributed by atoms with Crippen molar-refractivity contribution in [3.8, 4) is 6.07 Å². The molecule has 29 heavy (non-hydrogen) atoms. The number of nitrogens with zero attached hydrogens (tertiary/aromatic N) is 3. The van der Waals surface area contributed by atoms with E-state index in [0.717, 1.165) is 12.3 Å². The summed E-state index contributed by atoms with van der Waals surface area (Å²) in [5.74, 6) is -1.98. The fraction of sp³-hybridized carbons (Fsp3) is 0.250. The number of sulfonamides is 1. The Kier molecular flexibility index (Phi) is 5.91. The van der Waals surface area contributed by atoms with Gasteiger partial charge in [0.15, 0.2) is 0 Å². The van der Waals surface area contributed by atoms with Crippen LogP contribution in [0.25, 0.3) is 0 Å². The molecule has 0 saturated carbocycles. The third-order valence-electron chi connectivity index (χ3n) is 3.81. The molecule has 0 radical (unpaired) electrons. The number of rotatable bonds is 4. The van der Waals surface area contributed by atoms with E-state index in [4.69, 9.17) is 5.26 Å². The maximum absolute atomic E-state index is 13.8. The minimum absolute atomic E-state index is 0.0169. The Morgan fingerprint density at radius 3 is 2.21 bits per heavy atom. The van der Waals surface area contributed by atoms with E-state index in [1.165, 1.54) is 0 Å². The maximum Gasteiger partial charge on any atom is 0.419 e. The molecule has 0 N–H and O–H groups in total. The highest BCUT2D eigenvalue weighted by atomic mass is 32.2. The maximum atomic E-state index is 13.8. The number of nitriles is 1. The summed E-state index contributed by atoms with van der Waals surface area (Å²) in [6, 6.07) is -0.211. The molecule has 0 fully saturated rings. The van der Waals surface area contributed by atoms with Crippen LogP contribution in [-0.4, -0.2) is 30.9 Å². The number of hydrogen-bond acceptors (Lipinski definition) is 4. The molecule has 0 bridgehead atoms. The zero-order valence-corrected chi connectivity index (χ0v) is 15.1. The number of hydrogen-bond donors (Lipinski definition) is 0. The molecule has 0 spiro atoms. The Hall–Kier alpha value is -2.72. The quantitative estimate of drug-likeness (QED) is 0.672. The average molecular weight is 441 g/mol. The lowest BCUT2D eigenvalue weighted by Gasteiger charge is -2.29. The molecule has 0 amide bonds. The van der Waals surface area contributed by atoms with Crippen LogP contribution in [0.2, 0.25) is 0 Å². The SMILES string of the molecule is CN(C(c1ccc(C(F)(F)F)c(F)c1)C(F)(F)F)S(=O)(=O)c1cncc(C#N)c1. The van der Waals surface area contributed by atoms with Gasteiger partial charge in [-0.15, -0.1) is 0 Å². The first-order chi connectivity index (χ1) is 13.2. The molecule has 156 valence electrons. The Bertz CT molecular complexity index is 1060. The van der Waals surface area contributed by atoms with E-state index in [0.29, 0.717) is 19.3 Å². The highest BCUT2D eigenvalue weighted by Gasteiger charge is 2.48. The standard InChI is InChI=1S/C16H10F7N3O2S/c1-26(29(27,28)11-4-9(6-24)7-25-8-11)14(16(21,22)23)10-2-3-12(13(17)5-10)15(18,19)20/h2-5,7-8,14H,1H3. The molecule has 0 aliphatic rings. The zero-order chi connectivity index (χ0) is 22.2. The summed E-state index contributed by atoms with van der Waals surface area (Å²) in [6.07, 6.45) is -8.76. The van der Waals surface area contributed by atoms with E-state index < -0.39 is 50.3 Å². The molecule has 5 nitrogen and oxygen atoms in total. The smallest absolute Gasteiger partial charge is 0.262 e. The van der Waals surface area contributed by atoms with Gasteiger partial charge in [-0.05, 0) is 23.8 Å². The largest absolute Gasteiger partial charge is 0.419 e. The number of benzene rings is 1. The molecular formula is C16H10F7N3O2S. The minimum Gasteiger partial charge on any atom is -0.262 e. The van der Waals surface area contributed by atoms with Gasteiger partial charge >= 0.3 is 12.4 Å². The summed E-state index contributed by atoms with van der Waals surface area (Å²) in [6.45, 7) is 0. The fourth-order valence-corrected chi connectivity index (χ4v) is 3.78. The predicted molar refractivity (Wildman–Crippen MR) is 84.1 cm³/mol. The average Bonchev–Trinajstić information content (AvgIpc) is 2.59. The highest BCUT2D eigenvalue weighted by Crippen LogP contribution is 2.41. The monoisotopic (exact) mass is 441 g/mol. The summed E-state index contributed by atoms with van der Waals surface area (Å²) in [5, 5.41) is 8.79. The van der Waals surface area contributed by atoms with Crippen LogP contribution < -0.4 is 0 Å². The van der Waals surface area contributed by atoms with E-state index in [1.807, 2.05) is 0 Å². The van der Waals surface area contributed by atoms with Crippen molar-refractivity contribution in [1.82, 2.24) is 9.29 Å². The molecule has 0 aliphatic carbocycles. The highest BCUT2D eigenvalue weighted by molar-refractivity contribution is 7.89. The van der Waals surface area contributed by atoms with E-state index in [-0.39, 0.29) is 22.0 Å². The lowest BCUT2D eigenvalue weighted by Crippen LogP contribution is -2.40. The van der Waals surface area contributed by atoms with Crippen LogP contribution in [0.4, 0.5) is 30.7 Å². The molecule has 2 rings (SSSR count). The van der Waals surface area contributed by atoms with Crippen molar-refractivity contribution in [2.75, 3.05) is 7.05 Å². The lowest BCUT2D eigenvalue weighted by atomic mass is 10.0. The van der Waals surface area contributed by atoms with Crippen molar-refractivity contribution in [2.45, 2.75) is 23.3 Å². The van der Waals surface area contributed by atoms with Crippen molar-refractivity contribution in [2.24, 2.45) is 0 Å². The summed E-state index contributed by atoms with van der Waals surface area (Å²) in [5.41, 5.74) is -3.10. The van der Waals surface area contributed by atoms with Gasteiger partial charge < -0.3 is 0 Å². The van der Waals surface area contributed by atoms with Crippen LogP contribution in [0.15, 0.2) is 41.6 Å². The van der Waals surface area contributed by atoms with E-state index >= 15 is 0 Å². The van der Waals surface area contributed by atoms with Crippen LogP contribution >= 0.6 is 0 Å². The lowest BCUT2D eigenvalue weighted by molar-refractivity contribution is -0.171. The van der Waals surface area contributed by atoms with Crippen molar-refractivity contribution >= 4 is 10.0 Å². The third-order valence-corrected chi connectivity index (χ3v) is 5.60. The normalized spacial score (nSPS) is 13.9. The van der Waals surface area contributed by atoms with Crippen molar-refractivity contribution < 1.29 is 39.2 Å². The predicted octanol–water partition coefficient (Wildman–Crippen LogP) is 4.04. The zero-order valence-electron chi connectivity index (χ0n) is 14.3. The second kappa shape index (κ2) is 7.60. The summed E-state index contributed by atoms with van der Waals surface area (Å²) in [4.78, 5) is 2.71. The van der Waals surface area contributed by atoms with Gasteiger partial charge in [0.2, 0.25) is 10.0 Å². The van der Waals surface area contributed by atoms with Gasteiger partial charge in [0.05, 0.1) is 11.1 Å². The van der Waals surface area contributed by atoms with E-state index in [9.17, 15) is 39.2 Å². The summed E-state index contributed by atoms with van der Waals surface area (Å²) < 4.78 is 118. The van der Waals surface area contributed by atoms with Crippen LogP contribution in [0.3, 0.4) is 0 Å². The molecule has 0 aliphatic heterocycles. The van der Waals surface area contributed by atoms with E-state index in [1.54, 1.807) is 6.07 Å². The van der Waals surface area contributed by atoms with Crippen molar-refractivity contribution in [3.05, 3.63) is 59.2 Å². The Morgan fingerprint density at radius 2 is 1.72 bits per heavy atom. The molecule has 13 heteroatoms. The fourth-order valence-electron chi connectivity index (χ4n) is 2.46. The second-order valence-electron chi connectivity index (χ2n) is 5.72. The molecule has 1 unspecified atom stereocenters. The summed E-state index contributed by atoms with van der Waals surface area (Å²) in [7, 11) is -4.37. The van der Waals surface area contributed by atoms with Crippen molar-refractivity contribution in [1.29, 1.82) is 5.26 Å². The van der Waals surface area contributed by atoms with Crippen LogP contribution in [0.1, 0.15) is 22.7 Å². The molecule has 1 aromatic carbocycles. The van der Waals surface area contributed by atoms with E-state index in [2.05, 4.69) is 4.98 Å². The van der Waals surface area contributed by atoms with Crippen LogP contribution in [0.5, 0.6) is 0 Å². The molecule has 2 aromatic rings. The Labute approximate surface area is 160 Å². The topological polar surface area (TPSA) is 74.1 Å². The van der Waals surface area contributed by atoms with Gasteiger partial charge in [0.25, 0.3) is 0 Å². The molecular weight excluding hydrogens is 431 g/mol. The third kappa shape index (κ3) is 4.65. The number of pyridine rings is 1. The van der Waals surface area contributed by atoms with Crippen molar-refractivity contribution in [3.63, 3.8) is 0 Å². The van der Waals surface area contributed by atoms with Gasteiger partial charge in [-0.2, -0.15) is 35.9 Å². The first-order valence-electron chi connectivity index (χ1n) is 7.46. The molecule has 1 atom stereocenters.